The van der Waals surface area contributed by atoms with Gasteiger partial charge in [0.05, 0.1) is 5.69 Å². The molecule has 66 valence electrons. The van der Waals surface area contributed by atoms with Gasteiger partial charge in [0.15, 0.2) is 0 Å². The summed E-state index contributed by atoms with van der Waals surface area (Å²) in [5.41, 5.74) is 6.24. The second-order valence-corrected chi connectivity index (χ2v) is 2.67. The molecule has 5 nitrogen and oxygen atoms in total. The third kappa shape index (κ3) is 1.39. The van der Waals surface area contributed by atoms with E-state index in [0.717, 1.165) is 5.69 Å². The van der Waals surface area contributed by atoms with Crippen LogP contribution in [0.1, 0.15) is 18.7 Å². The van der Waals surface area contributed by atoms with Crippen LogP contribution in [0.3, 0.4) is 0 Å². The van der Waals surface area contributed by atoms with Gasteiger partial charge in [0, 0.05) is 6.07 Å². The molecule has 0 aromatic carbocycles. The lowest BCUT2D eigenvalue weighted by Gasteiger charge is -2.07. The second-order valence-electron chi connectivity index (χ2n) is 2.67. The van der Waals surface area contributed by atoms with Crippen LogP contribution >= 0.6 is 0 Å². The number of aryl methyl sites for hydroxylation is 1. The molecular formula is C7H11N3O2. The highest BCUT2D eigenvalue weighted by atomic mass is 16.4. The predicted molar refractivity (Wildman–Crippen MR) is 43.7 cm³/mol. The summed E-state index contributed by atoms with van der Waals surface area (Å²) in [4.78, 5) is 10.5. The minimum absolute atomic E-state index is 0.377. The number of carboxylic acid groups (broad SMARTS) is 1. The molecule has 0 saturated heterocycles. The summed E-state index contributed by atoms with van der Waals surface area (Å²) < 4.78 is 1.29. The van der Waals surface area contributed by atoms with Crippen LogP contribution in [0.4, 0.5) is 5.82 Å². The molecule has 1 atom stereocenters. The zero-order chi connectivity index (χ0) is 9.30. The molecule has 0 aliphatic rings. The van der Waals surface area contributed by atoms with E-state index in [1.54, 1.807) is 13.0 Å². The molecule has 0 bridgehead atoms. The second kappa shape index (κ2) is 2.84. The van der Waals surface area contributed by atoms with Crippen LogP contribution in [0.15, 0.2) is 6.07 Å². The van der Waals surface area contributed by atoms with Crippen molar-refractivity contribution in [3.63, 3.8) is 0 Å². The molecule has 1 heterocycles. The van der Waals surface area contributed by atoms with Crippen molar-refractivity contribution in [2.75, 3.05) is 5.73 Å². The van der Waals surface area contributed by atoms with Crippen LogP contribution in [-0.2, 0) is 4.79 Å². The van der Waals surface area contributed by atoms with Crippen LogP contribution in [-0.4, -0.2) is 20.9 Å². The molecular weight excluding hydrogens is 158 g/mol. The molecule has 1 unspecified atom stereocenters. The lowest BCUT2D eigenvalue weighted by Crippen LogP contribution is -2.18. The van der Waals surface area contributed by atoms with E-state index in [1.807, 2.05) is 0 Å². The van der Waals surface area contributed by atoms with Crippen molar-refractivity contribution in [2.24, 2.45) is 0 Å². The highest BCUT2D eigenvalue weighted by Gasteiger charge is 2.16. The molecule has 1 rings (SSSR count). The maximum Gasteiger partial charge on any atom is 0.328 e. The normalized spacial score (nSPS) is 12.8. The van der Waals surface area contributed by atoms with E-state index in [-0.39, 0.29) is 0 Å². The Morgan fingerprint density at radius 1 is 1.83 bits per heavy atom. The van der Waals surface area contributed by atoms with Crippen molar-refractivity contribution in [2.45, 2.75) is 19.9 Å². The SMILES string of the molecule is Cc1cc(N)n(C(C)C(=O)O)n1. The summed E-state index contributed by atoms with van der Waals surface area (Å²) in [5.74, 6) is -0.563. The monoisotopic (exact) mass is 169 g/mol. The number of hydrogen-bond acceptors (Lipinski definition) is 3. The third-order valence-corrected chi connectivity index (χ3v) is 1.61. The first kappa shape index (κ1) is 8.58. The standard InChI is InChI=1S/C7H11N3O2/c1-4-3-6(8)10(9-4)5(2)7(11)12/h3,5H,8H2,1-2H3,(H,11,12). The zero-order valence-electron chi connectivity index (χ0n) is 6.98. The molecule has 1 aromatic rings. The van der Waals surface area contributed by atoms with Gasteiger partial charge < -0.3 is 10.8 Å². The van der Waals surface area contributed by atoms with E-state index < -0.39 is 12.0 Å². The summed E-state index contributed by atoms with van der Waals surface area (Å²) >= 11 is 0. The Hall–Kier alpha value is -1.52. The lowest BCUT2D eigenvalue weighted by atomic mass is 10.3. The Balaban J connectivity index is 3.02. The van der Waals surface area contributed by atoms with Gasteiger partial charge in [0.1, 0.15) is 11.9 Å². The van der Waals surface area contributed by atoms with Crippen LogP contribution in [0.5, 0.6) is 0 Å². The van der Waals surface area contributed by atoms with Crippen LogP contribution in [0.2, 0.25) is 0 Å². The van der Waals surface area contributed by atoms with Crippen LogP contribution < -0.4 is 5.73 Å². The molecule has 3 N–H and O–H groups in total. The predicted octanol–water partition coefficient (Wildman–Crippen LogP) is 0.419. The van der Waals surface area contributed by atoms with Gasteiger partial charge in [0.25, 0.3) is 0 Å². The Morgan fingerprint density at radius 3 is 2.75 bits per heavy atom. The average Bonchev–Trinajstić information content (AvgIpc) is 2.28. The number of carboxylic acids is 1. The van der Waals surface area contributed by atoms with Crippen molar-refractivity contribution in [1.29, 1.82) is 0 Å². The van der Waals surface area contributed by atoms with E-state index in [1.165, 1.54) is 11.6 Å². The van der Waals surface area contributed by atoms with Gasteiger partial charge in [-0.3, -0.25) is 0 Å². The lowest BCUT2D eigenvalue weighted by molar-refractivity contribution is -0.140. The maximum absolute atomic E-state index is 10.5. The highest BCUT2D eigenvalue weighted by Crippen LogP contribution is 2.12. The fourth-order valence-electron chi connectivity index (χ4n) is 0.952. The van der Waals surface area contributed by atoms with E-state index >= 15 is 0 Å². The van der Waals surface area contributed by atoms with Gasteiger partial charge in [-0.15, -0.1) is 0 Å². The van der Waals surface area contributed by atoms with Gasteiger partial charge in [0.2, 0.25) is 0 Å². The summed E-state index contributed by atoms with van der Waals surface area (Å²) in [6.07, 6.45) is 0. The first-order chi connectivity index (χ1) is 5.52. The number of aliphatic carboxylic acids is 1. The molecule has 0 aliphatic carbocycles. The summed E-state index contributed by atoms with van der Waals surface area (Å²) in [6, 6.07) is 0.929. The average molecular weight is 169 g/mol. The van der Waals surface area contributed by atoms with E-state index in [0.29, 0.717) is 5.82 Å². The third-order valence-electron chi connectivity index (χ3n) is 1.61. The van der Waals surface area contributed by atoms with E-state index in [4.69, 9.17) is 10.8 Å². The van der Waals surface area contributed by atoms with Gasteiger partial charge in [-0.2, -0.15) is 5.10 Å². The van der Waals surface area contributed by atoms with Gasteiger partial charge in [-0.1, -0.05) is 0 Å². The Labute approximate surface area is 69.8 Å². The van der Waals surface area contributed by atoms with E-state index in [9.17, 15) is 4.79 Å². The number of anilines is 1. The number of aromatic nitrogens is 2. The molecule has 5 heteroatoms. The minimum Gasteiger partial charge on any atom is -0.480 e. The molecule has 0 amide bonds. The molecule has 12 heavy (non-hydrogen) atoms. The molecule has 1 aromatic heterocycles. The smallest absolute Gasteiger partial charge is 0.328 e. The van der Waals surface area contributed by atoms with Crippen LogP contribution in [0.25, 0.3) is 0 Å². The van der Waals surface area contributed by atoms with E-state index in [2.05, 4.69) is 5.10 Å². The van der Waals surface area contributed by atoms with Gasteiger partial charge in [-0.25, -0.2) is 9.48 Å². The number of nitrogens with two attached hydrogens (primary N) is 1. The molecule has 0 fully saturated rings. The topological polar surface area (TPSA) is 81.1 Å². The molecule has 0 radical (unpaired) electrons. The molecule has 0 aliphatic heterocycles. The van der Waals surface area contributed by atoms with Gasteiger partial charge >= 0.3 is 5.97 Å². The summed E-state index contributed by atoms with van der Waals surface area (Å²) in [6.45, 7) is 3.30. The number of nitrogens with zero attached hydrogens (tertiary/aromatic N) is 2. The largest absolute Gasteiger partial charge is 0.480 e. The Bertz CT molecular complexity index is 306. The molecule has 0 saturated carbocycles. The Morgan fingerprint density at radius 2 is 2.42 bits per heavy atom. The highest BCUT2D eigenvalue weighted by molar-refractivity contribution is 5.71. The maximum atomic E-state index is 10.5. The fraction of sp³-hybridized carbons (Fsp3) is 0.429. The molecule has 0 spiro atoms. The summed E-state index contributed by atoms with van der Waals surface area (Å²) in [7, 11) is 0. The first-order valence-electron chi connectivity index (χ1n) is 3.57. The quantitative estimate of drug-likeness (QED) is 0.672. The number of rotatable bonds is 2. The van der Waals surface area contributed by atoms with Crippen molar-refractivity contribution < 1.29 is 9.90 Å². The minimum atomic E-state index is -0.940. The van der Waals surface area contributed by atoms with Crippen molar-refractivity contribution in [3.05, 3.63) is 11.8 Å². The van der Waals surface area contributed by atoms with Crippen molar-refractivity contribution in [1.82, 2.24) is 9.78 Å². The van der Waals surface area contributed by atoms with Crippen molar-refractivity contribution >= 4 is 11.8 Å². The number of nitrogen functional groups attached to an aromatic ring is 1. The number of carbonyl (C=O) groups is 1. The number of hydrogen-bond donors (Lipinski definition) is 2. The zero-order valence-corrected chi connectivity index (χ0v) is 6.98. The van der Waals surface area contributed by atoms with Gasteiger partial charge in [-0.05, 0) is 13.8 Å². The summed E-state index contributed by atoms with van der Waals surface area (Å²) in [5, 5.41) is 12.6. The fourth-order valence-corrected chi connectivity index (χ4v) is 0.952. The van der Waals surface area contributed by atoms with Crippen molar-refractivity contribution in [3.8, 4) is 0 Å². The van der Waals surface area contributed by atoms with Crippen LogP contribution in [0, 0.1) is 6.92 Å². The Kier molecular flexibility index (Phi) is 2.03. The first-order valence-corrected chi connectivity index (χ1v) is 3.57.